The summed E-state index contributed by atoms with van der Waals surface area (Å²) < 4.78 is 5.37. The molecule has 0 saturated heterocycles. The molecule has 0 fully saturated rings. The molecule has 0 saturated carbocycles. The third kappa shape index (κ3) is 2.75. The van der Waals surface area contributed by atoms with Gasteiger partial charge in [0.1, 0.15) is 5.75 Å². The van der Waals surface area contributed by atoms with Crippen LogP contribution in [0.5, 0.6) is 5.75 Å². The number of carbonyl (C=O) groups is 3. The van der Waals surface area contributed by atoms with Crippen LogP contribution in [0.25, 0.3) is 0 Å². The highest BCUT2D eigenvalue weighted by Crippen LogP contribution is 2.45. The van der Waals surface area contributed by atoms with Crippen LogP contribution in [0.3, 0.4) is 0 Å². The minimum absolute atomic E-state index is 0.000407. The van der Waals surface area contributed by atoms with Crippen molar-refractivity contribution in [3.8, 4) is 5.75 Å². The van der Waals surface area contributed by atoms with Crippen molar-refractivity contribution in [3.63, 3.8) is 0 Å². The quantitative estimate of drug-likeness (QED) is 0.552. The third-order valence-corrected chi connectivity index (χ3v) is 4.95. The van der Waals surface area contributed by atoms with Gasteiger partial charge in [-0.15, -0.1) is 0 Å². The molecule has 4 N–H and O–H groups in total. The number of hydrogen-bond acceptors (Lipinski definition) is 6. The molecule has 0 heterocycles. The van der Waals surface area contributed by atoms with Crippen LogP contribution in [0.15, 0.2) is 30.3 Å². The summed E-state index contributed by atoms with van der Waals surface area (Å²) in [5, 5.41) is 13.8. The first-order valence-corrected chi connectivity index (χ1v) is 8.83. The molecule has 1 unspecified atom stereocenters. The van der Waals surface area contributed by atoms with Gasteiger partial charge in [-0.3, -0.25) is 14.4 Å². The Balaban J connectivity index is 2.23. The van der Waals surface area contributed by atoms with E-state index in [0.29, 0.717) is 0 Å². The van der Waals surface area contributed by atoms with E-state index >= 15 is 0 Å². The first-order chi connectivity index (χ1) is 13.1. The van der Waals surface area contributed by atoms with Gasteiger partial charge < -0.3 is 20.9 Å². The minimum Gasteiger partial charge on any atom is -0.496 e. The van der Waals surface area contributed by atoms with E-state index in [4.69, 9.17) is 10.5 Å². The highest BCUT2D eigenvalue weighted by Gasteiger charge is 2.55. The molecule has 146 valence electrons. The summed E-state index contributed by atoms with van der Waals surface area (Å²) in [5.41, 5.74) is 4.49. The van der Waals surface area contributed by atoms with Crippen LogP contribution in [-0.4, -0.2) is 29.7 Å². The fourth-order valence-corrected chi connectivity index (χ4v) is 3.44. The van der Waals surface area contributed by atoms with Crippen molar-refractivity contribution in [1.82, 2.24) is 0 Å². The Morgan fingerprint density at radius 3 is 2.43 bits per heavy atom. The maximum Gasteiger partial charge on any atom is 0.221 e. The number of fused-ring (bicyclic) bond motifs is 1. The van der Waals surface area contributed by atoms with Gasteiger partial charge in [0.15, 0.2) is 0 Å². The highest BCUT2D eigenvalue weighted by molar-refractivity contribution is 6.34. The molecule has 2 aromatic rings. The number of amides is 1. The lowest BCUT2D eigenvalue weighted by atomic mass is 9.86. The molecule has 1 aliphatic carbocycles. The predicted octanol–water partition coefficient (Wildman–Crippen LogP) is 2.63. The number of carbonyl (C=O) groups excluding carboxylic acids is 3. The molecule has 7 heteroatoms. The summed E-state index contributed by atoms with van der Waals surface area (Å²) >= 11 is 0. The maximum atomic E-state index is 13.2. The average molecular weight is 382 g/mol. The number of methoxy groups -OCH3 is 1. The lowest BCUT2D eigenvalue weighted by Gasteiger charge is -2.23. The number of benzene rings is 2. The number of nitrogens with one attached hydrogen (secondary N) is 1. The monoisotopic (exact) mass is 382 g/mol. The molecule has 7 nitrogen and oxygen atoms in total. The van der Waals surface area contributed by atoms with Crippen molar-refractivity contribution in [3.05, 3.63) is 52.6 Å². The Bertz CT molecular complexity index is 1010. The summed E-state index contributed by atoms with van der Waals surface area (Å²) in [6, 6.07) is 7.76. The van der Waals surface area contributed by atoms with Crippen LogP contribution in [0.4, 0.5) is 11.4 Å². The van der Waals surface area contributed by atoms with Crippen molar-refractivity contribution >= 4 is 28.8 Å². The average Bonchev–Trinajstić information content (AvgIpc) is 2.85. The van der Waals surface area contributed by atoms with Gasteiger partial charge >= 0.3 is 0 Å². The number of aliphatic hydroxyl groups is 1. The zero-order chi connectivity index (χ0) is 20.8. The van der Waals surface area contributed by atoms with Gasteiger partial charge in [-0.25, -0.2) is 0 Å². The van der Waals surface area contributed by atoms with Crippen molar-refractivity contribution in [1.29, 1.82) is 0 Å². The Kier molecular flexibility index (Phi) is 4.72. The second-order valence-electron chi connectivity index (χ2n) is 7.12. The van der Waals surface area contributed by atoms with E-state index in [0.717, 1.165) is 5.56 Å². The second-order valence-corrected chi connectivity index (χ2v) is 7.12. The molecule has 1 atom stereocenters. The molecular weight excluding hydrogens is 360 g/mol. The third-order valence-electron chi connectivity index (χ3n) is 4.95. The van der Waals surface area contributed by atoms with Gasteiger partial charge in [0.2, 0.25) is 23.1 Å². The fraction of sp³-hybridized carbons (Fsp3) is 0.286. The van der Waals surface area contributed by atoms with Crippen LogP contribution in [-0.2, 0) is 10.4 Å². The zero-order valence-electron chi connectivity index (χ0n) is 16.1. The van der Waals surface area contributed by atoms with E-state index in [9.17, 15) is 19.5 Å². The molecule has 28 heavy (non-hydrogen) atoms. The number of anilines is 2. The molecular formula is C21H22N2O5. The van der Waals surface area contributed by atoms with Crippen LogP contribution in [0.2, 0.25) is 0 Å². The zero-order valence-corrected chi connectivity index (χ0v) is 16.1. The Morgan fingerprint density at radius 1 is 1.18 bits per heavy atom. The fourth-order valence-electron chi connectivity index (χ4n) is 3.44. The van der Waals surface area contributed by atoms with E-state index in [1.54, 1.807) is 12.1 Å². The molecule has 2 aromatic carbocycles. The van der Waals surface area contributed by atoms with E-state index in [1.807, 2.05) is 13.8 Å². The molecule has 1 amide bonds. The molecule has 0 aromatic heterocycles. The number of nitrogen functional groups attached to an aromatic ring is 1. The van der Waals surface area contributed by atoms with Crippen LogP contribution in [0.1, 0.15) is 58.5 Å². The minimum atomic E-state index is -2.45. The summed E-state index contributed by atoms with van der Waals surface area (Å²) in [6.45, 7) is 5.25. The van der Waals surface area contributed by atoms with Gasteiger partial charge in [-0.1, -0.05) is 26.0 Å². The van der Waals surface area contributed by atoms with Crippen molar-refractivity contribution in [2.24, 2.45) is 0 Å². The van der Waals surface area contributed by atoms with E-state index in [-0.39, 0.29) is 39.7 Å². The smallest absolute Gasteiger partial charge is 0.221 e. The van der Waals surface area contributed by atoms with E-state index < -0.39 is 23.1 Å². The summed E-state index contributed by atoms with van der Waals surface area (Å²) in [4.78, 5) is 37.9. The van der Waals surface area contributed by atoms with Crippen LogP contribution < -0.4 is 15.8 Å². The molecule has 0 spiro atoms. The van der Waals surface area contributed by atoms with Crippen molar-refractivity contribution in [2.75, 3.05) is 18.2 Å². The van der Waals surface area contributed by atoms with Crippen LogP contribution in [0, 0.1) is 0 Å². The maximum absolute atomic E-state index is 13.2. The highest BCUT2D eigenvalue weighted by atomic mass is 16.5. The van der Waals surface area contributed by atoms with Gasteiger partial charge in [-0.2, -0.15) is 0 Å². The van der Waals surface area contributed by atoms with Crippen LogP contribution >= 0.6 is 0 Å². The number of hydrogen-bond donors (Lipinski definition) is 3. The Morgan fingerprint density at radius 2 is 1.86 bits per heavy atom. The van der Waals surface area contributed by atoms with Gasteiger partial charge in [0.05, 0.1) is 24.0 Å². The van der Waals surface area contributed by atoms with E-state index in [2.05, 4.69) is 5.32 Å². The summed E-state index contributed by atoms with van der Waals surface area (Å²) in [6.07, 6.45) is 0. The lowest BCUT2D eigenvalue weighted by molar-refractivity contribution is -0.114. The summed E-state index contributed by atoms with van der Waals surface area (Å²) in [7, 11) is 1.41. The van der Waals surface area contributed by atoms with Gasteiger partial charge in [0.25, 0.3) is 0 Å². The predicted molar refractivity (Wildman–Crippen MR) is 105 cm³/mol. The first kappa shape index (κ1) is 19.6. The number of ketones is 2. The molecule has 3 rings (SSSR count). The molecule has 0 radical (unpaired) electrons. The molecule has 0 aliphatic heterocycles. The SMILES string of the molecule is COc1cc(C(C)C)ccc1C1(O)C(=O)c2ccc(N)c(NC(C)=O)c2C1=O. The number of ether oxygens (including phenoxy) is 1. The standard InChI is InChI=1S/C21H22N2O5/c1-10(2)12-5-7-14(16(9-12)28-4)21(27)19(25)13-6-8-15(22)18(23-11(3)24)17(13)20(21)26/h5-10,27H,22H2,1-4H3,(H,23,24). The molecule has 1 aliphatic rings. The number of Topliss-reactive ketones (excluding diaryl/α,β-unsaturated/α-hetero) is 2. The van der Waals surface area contributed by atoms with Crippen molar-refractivity contribution in [2.45, 2.75) is 32.3 Å². The number of rotatable bonds is 4. The number of nitrogens with two attached hydrogens (primary N) is 1. The summed E-state index contributed by atoms with van der Waals surface area (Å²) in [5.74, 6) is -1.66. The van der Waals surface area contributed by atoms with Gasteiger partial charge in [0, 0.05) is 18.1 Å². The first-order valence-electron chi connectivity index (χ1n) is 8.83. The topological polar surface area (TPSA) is 119 Å². The molecule has 0 bridgehead atoms. The normalized spacial score (nSPS) is 18.4. The Labute approximate surface area is 162 Å². The largest absolute Gasteiger partial charge is 0.496 e. The Hall–Kier alpha value is -3.19. The van der Waals surface area contributed by atoms with E-state index in [1.165, 1.54) is 32.2 Å². The van der Waals surface area contributed by atoms with Crippen molar-refractivity contribution < 1.29 is 24.2 Å². The second kappa shape index (κ2) is 6.76. The van der Waals surface area contributed by atoms with Gasteiger partial charge in [-0.05, 0) is 29.7 Å². The lowest BCUT2D eigenvalue weighted by Crippen LogP contribution is -2.38.